The first-order valence-electron chi connectivity index (χ1n) is 6.78. The molecule has 1 aromatic heterocycles. The summed E-state index contributed by atoms with van der Waals surface area (Å²) in [4.78, 5) is 17.8. The van der Waals surface area contributed by atoms with Crippen LogP contribution in [0.5, 0.6) is 0 Å². The number of carbonyl (C=O) groups excluding carboxylic acids is 1. The normalized spacial score (nSPS) is 19.5. The fourth-order valence-corrected chi connectivity index (χ4v) is 2.82. The number of nitrogens with zero attached hydrogens (tertiary/aromatic N) is 2. The maximum Gasteiger partial charge on any atom is 0.410 e. The minimum atomic E-state index is -0.511. The van der Waals surface area contributed by atoms with Crippen molar-refractivity contribution in [3.05, 3.63) is 28.0 Å². The predicted molar refractivity (Wildman–Crippen MR) is 82.8 cm³/mol. The number of ether oxygens (including phenoxy) is 1. The Balaban J connectivity index is 2.13. The molecular formula is C14H19Cl2N3O2. The summed E-state index contributed by atoms with van der Waals surface area (Å²) in [5, 5.41) is 4.30. The van der Waals surface area contributed by atoms with Gasteiger partial charge in [0.05, 0.1) is 16.1 Å². The van der Waals surface area contributed by atoms with Crippen LogP contribution in [0.1, 0.15) is 32.4 Å². The maximum absolute atomic E-state index is 12.2. The molecule has 2 rings (SSSR count). The number of amides is 1. The molecular weight excluding hydrogens is 313 g/mol. The quantitative estimate of drug-likeness (QED) is 0.858. The maximum atomic E-state index is 12.2. The van der Waals surface area contributed by atoms with Crippen LogP contribution in [0.3, 0.4) is 0 Å². The smallest absolute Gasteiger partial charge is 0.410 e. The molecule has 1 N–H and O–H groups in total. The van der Waals surface area contributed by atoms with Gasteiger partial charge in [0.2, 0.25) is 0 Å². The van der Waals surface area contributed by atoms with Crippen molar-refractivity contribution in [2.24, 2.45) is 0 Å². The van der Waals surface area contributed by atoms with Crippen molar-refractivity contribution >= 4 is 29.3 Å². The first-order valence-corrected chi connectivity index (χ1v) is 7.54. The van der Waals surface area contributed by atoms with Gasteiger partial charge in [-0.15, -0.1) is 0 Å². The van der Waals surface area contributed by atoms with E-state index in [9.17, 15) is 4.79 Å². The number of nitrogens with one attached hydrogen (secondary N) is 1. The molecule has 1 aliphatic rings. The monoisotopic (exact) mass is 331 g/mol. The van der Waals surface area contributed by atoms with E-state index in [0.29, 0.717) is 29.7 Å². The number of rotatable bonds is 1. The average molecular weight is 332 g/mol. The number of carbonyl (C=O) groups is 1. The number of hydrogen-bond acceptors (Lipinski definition) is 4. The van der Waals surface area contributed by atoms with Gasteiger partial charge < -0.3 is 15.0 Å². The topological polar surface area (TPSA) is 54.5 Å². The molecule has 1 aromatic rings. The number of halogens is 2. The van der Waals surface area contributed by atoms with Crippen molar-refractivity contribution in [2.75, 3.05) is 19.6 Å². The third-order valence-corrected chi connectivity index (χ3v) is 3.67. The summed E-state index contributed by atoms with van der Waals surface area (Å²) in [5.74, 6) is 0. The van der Waals surface area contributed by atoms with Crippen LogP contribution in [-0.2, 0) is 4.74 Å². The standard InChI is InChI=1S/C14H19Cl2N3O2/c1-14(2,3)21-13(20)19-5-4-18-11(8-19)12-9(15)6-17-7-10(12)16/h6-7,11,18H,4-5,8H2,1-3H3. The summed E-state index contributed by atoms with van der Waals surface area (Å²) < 4.78 is 5.40. The zero-order valence-electron chi connectivity index (χ0n) is 12.3. The van der Waals surface area contributed by atoms with Crippen molar-refractivity contribution in [3.63, 3.8) is 0 Å². The molecule has 1 unspecified atom stereocenters. The van der Waals surface area contributed by atoms with Crippen molar-refractivity contribution in [1.82, 2.24) is 15.2 Å². The molecule has 5 nitrogen and oxygen atoms in total. The molecule has 1 amide bonds. The van der Waals surface area contributed by atoms with Crippen LogP contribution in [0, 0.1) is 0 Å². The fraction of sp³-hybridized carbons (Fsp3) is 0.571. The van der Waals surface area contributed by atoms with E-state index in [0.717, 1.165) is 5.56 Å². The van der Waals surface area contributed by atoms with Crippen LogP contribution in [0.4, 0.5) is 4.79 Å². The van der Waals surface area contributed by atoms with Crippen molar-refractivity contribution in [1.29, 1.82) is 0 Å². The van der Waals surface area contributed by atoms with Gasteiger partial charge in [-0.05, 0) is 20.8 Å². The summed E-state index contributed by atoms with van der Waals surface area (Å²) in [6, 6.07) is -0.130. The second-order valence-electron chi connectivity index (χ2n) is 5.95. The summed E-state index contributed by atoms with van der Waals surface area (Å²) in [7, 11) is 0. The van der Waals surface area contributed by atoms with E-state index in [2.05, 4.69) is 10.3 Å². The molecule has 1 atom stereocenters. The highest BCUT2D eigenvalue weighted by molar-refractivity contribution is 6.35. The Kier molecular flexibility index (Phi) is 4.96. The van der Waals surface area contributed by atoms with E-state index in [1.165, 1.54) is 0 Å². The number of piperazine rings is 1. The lowest BCUT2D eigenvalue weighted by Crippen LogP contribution is -2.49. The molecule has 0 saturated carbocycles. The molecule has 1 aliphatic heterocycles. The van der Waals surface area contributed by atoms with Crippen LogP contribution < -0.4 is 5.32 Å². The lowest BCUT2D eigenvalue weighted by atomic mass is 10.1. The summed E-state index contributed by atoms with van der Waals surface area (Å²) in [6.45, 7) is 7.24. The van der Waals surface area contributed by atoms with E-state index in [1.807, 2.05) is 20.8 Å². The molecule has 2 heterocycles. The summed E-state index contributed by atoms with van der Waals surface area (Å²) in [6.07, 6.45) is 2.78. The van der Waals surface area contributed by atoms with Crippen LogP contribution in [0.15, 0.2) is 12.4 Å². The Morgan fingerprint density at radius 1 is 1.38 bits per heavy atom. The van der Waals surface area contributed by atoms with E-state index in [-0.39, 0.29) is 12.1 Å². The molecule has 1 fully saturated rings. The minimum Gasteiger partial charge on any atom is -0.444 e. The Morgan fingerprint density at radius 3 is 2.57 bits per heavy atom. The van der Waals surface area contributed by atoms with E-state index in [1.54, 1.807) is 17.3 Å². The highest BCUT2D eigenvalue weighted by Gasteiger charge is 2.30. The molecule has 7 heteroatoms. The second kappa shape index (κ2) is 6.38. The predicted octanol–water partition coefficient (Wildman–Crippen LogP) is 3.27. The minimum absolute atomic E-state index is 0.130. The number of aromatic nitrogens is 1. The molecule has 0 spiro atoms. The molecule has 21 heavy (non-hydrogen) atoms. The largest absolute Gasteiger partial charge is 0.444 e. The Hall–Kier alpha value is -1.04. The zero-order chi connectivity index (χ0) is 15.6. The zero-order valence-corrected chi connectivity index (χ0v) is 13.8. The van der Waals surface area contributed by atoms with Crippen LogP contribution in [0.25, 0.3) is 0 Å². The summed E-state index contributed by atoms with van der Waals surface area (Å²) in [5.41, 5.74) is 0.255. The van der Waals surface area contributed by atoms with Gasteiger partial charge in [-0.1, -0.05) is 23.2 Å². The molecule has 116 valence electrons. The first kappa shape index (κ1) is 16.3. The number of hydrogen-bond donors (Lipinski definition) is 1. The third kappa shape index (κ3) is 4.22. The Labute approximate surface area is 134 Å². The van der Waals surface area contributed by atoms with Gasteiger partial charge >= 0.3 is 6.09 Å². The first-order chi connectivity index (χ1) is 9.78. The van der Waals surface area contributed by atoms with Gasteiger partial charge in [-0.25, -0.2) is 4.79 Å². The van der Waals surface area contributed by atoms with Gasteiger partial charge in [0.15, 0.2) is 0 Å². The van der Waals surface area contributed by atoms with Gasteiger partial charge in [0.1, 0.15) is 5.60 Å². The molecule has 0 aliphatic carbocycles. The third-order valence-electron chi connectivity index (χ3n) is 3.07. The van der Waals surface area contributed by atoms with E-state index < -0.39 is 5.60 Å². The van der Waals surface area contributed by atoms with E-state index >= 15 is 0 Å². The van der Waals surface area contributed by atoms with Crippen LogP contribution >= 0.6 is 23.2 Å². The average Bonchev–Trinajstić information content (AvgIpc) is 2.37. The molecule has 0 aromatic carbocycles. The molecule has 0 radical (unpaired) electrons. The van der Waals surface area contributed by atoms with Gasteiger partial charge in [-0.3, -0.25) is 4.98 Å². The van der Waals surface area contributed by atoms with Crippen LogP contribution in [0.2, 0.25) is 10.0 Å². The highest BCUT2D eigenvalue weighted by atomic mass is 35.5. The van der Waals surface area contributed by atoms with Gasteiger partial charge in [0, 0.05) is 37.6 Å². The number of pyridine rings is 1. The lowest BCUT2D eigenvalue weighted by molar-refractivity contribution is 0.0195. The van der Waals surface area contributed by atoms with E-state index in [4.69, 9.17) is 27.9 Å². The van der Waals surface area contributed by atoms with Crippen molar-refractivity contribution < 1.29 is 9.53 Å². The highest BCUT2D eigenvalue weighted by Crippen LogP contribution is 2.31. The Morgan fingerprint density at radius 2 is 2.00 bits per heavy atom. The SMILES string of the molecule is CC(C)(C)OC(=O)N1CCNC(c2c(Cl)cncc2Cl)C1. The Bertz CT molecular complexity index is 511. The van der Waals surface area contributed by atoms with Gasteiger partial charge in [0.25, 0.3) is 0 Å². The molecule has 0 bridgehead atoms. The van der Waals surface area contributed by atoms with Gasteiger partial charge in [-0.2, -0.15) is 0 Å². The second-order valence-corrected chi connectivity index (χ2v) is 6.76. The summed E-state index contributed by atoms with van der Waals surface area (Å²) >= 11 is 12.3. The van der Waals surface area contributed by atoms with Crippen molar-refractivity contribution in [2.45, 2.75) is 32.4 Å². The fourth-order valence-electron chi connectivity index (χ4n) is 2.19. The lowest BCUT2D eigenvalue weighted by Gasteiger charge is -2.35. The van der Waals surface area contributed by atoms with Crippen LogP contribution in [-0.4, -0.2) is 41.2 Å². The van der Waals surface area contributed by atoms with Crippen molar-refractivity contribution in [3.8, 4) is 0 Å². The molecule has 1 saturated heterocycles.